The summed E-state index contributed by atoms with van der Waals surface area (Å²) in [6.07, 6.45) is 1.20. The van der Waals surface area contributed by atoms with Crippen molar-refractivity contribution >= 4 is 28.7 Å². The SMILES string of the molecule is Cc1ccc2nc(N)n(C3CCSC3)c2c1. The van der Waals surface area contributed by atoms with Crippen LogP contribution in [0.1, 0.15) is 18.0 Å². The van der Waals surface area contributed by atoms with E-state index < -0.39 is 0 Å². The van der Waals surface area contributed by atoms with E-state index in [2.05, 4.69) is 34.7 Å². The largest absolute Gasteiger partial charge is 0.369 e. The molecule has 0 amide bonds. The van der Waals surface area contributed by atoms with Gasteiger partial charge in [-0.05, 0) is 36.8 Å². The molecule has 1 saturated heterocycles. The van der Waals surface area contributed by atoms with Crippen LogP contribution in [0.15, 0.2) is 18.2 Å². The van der Waals surface area contributed by atoms with Gasteiger partial charge in [0.1, 0.15) is 0 Å². The number of thioether (sulfide) groups is 1. The molecule has 16 heavy (non-hydrogen) atoms. The lowest BCUT2D eigenvalue weighted by Gasteiger charge is -2.13. The van der Waals surface area contributed by atoms with E-state index in [-0.39, 0.29) is 0 Å². The highest BCUT2D eigenvalue weighted by atomic mass is 32.2. The van der Waals surface area contributed by atoms with Gasteiger partial charge in [0.2, 0.25) is 5.95 Å². The fourth-order valence-electron chi connectivity index (χ4n) is 2.33. The van der Waals surface area contributed by atoms with E-state index in [4.69, 9.17) is 5.73 Å². The van der Waals surface area contributed by atoms with Crippen LogP contribution in [0.25, 0.3) is 11.0 Å². The first kappa shape index (κ1) is 10.0. The van der Waals surface area contributed by atoms with Crippen molar-refractivity contribution in [1.82, 2.24) is 9.55 Å². The van der Waals surface area contributed by atoms with Crippen LogP contribution in [-0.4, -0.2) is 21.1 Å². The first-order valence-corrected chi connectivity index (χ1v) is 6.73. The molecule has 1 aromatic heterocycles. The second kappa shape index (κ2) is 3.70. The number of aromatic nitrogens is 2. The average molecular weight is 233 g/mol. The molecule has 3 rings (SSSR count). The summed E-state index contributed by atoms with van der Waals surface area (Å²) >= 11 is 2.00. The van der Waals surface area contributed by atoms with Gasteiger partial charge in [-0.2, -0.15) is 11.8 Å². The van der Waals surface area contributed by atoms with E-state index in [9.17, 15) is 0 Å². The number of benzene rings is 1. The van der Waals surface area contributed by atoms with E-state index >= 15 is 0 Å². The fraction of sp³-hybridized carbons (Fsp3) is 0.417. The van der Waals surface area contributed by atoms with E-state index in [1.54, 1.807) is 0 Å². The highest BCUT2D eigenvalue weighted by Gasteiger charge is 2.21. The van der Waals surface area contributed by atoms with Crippen molar-refractivity contribution in [2.45, 2.75) is 19.4 Å². The maximum atomic E-state index is 6.03. The Balaban J connectivity index is 2.20. The first-order chi connectivity index (χ1) is 7.75. The summed E-state index contributed by atoms with van der Waals surface area (Å²) in [4.78, 5) is 4.43. The summed E-state index contributed by atoms with van der Waals surface area (Å²) in [5, 5.41) is 0. The van der Waals surface area contributed by atoms with Gasteiger partial charge in [0.15, 0.2) is 0 Å². The highest BCUT2D eigenvalue weighted by molar-refractivity contribution is 7.99. The molecule has 2 N–H and O–H groups in total. The van der Waals surface area contributed by atoms with Crippen molar-refractivity contribution in [3.63, 3.8) is 0 Å². The van der Waals surface area contributed by atoms with Gasteiger partial charge in [-0.25, -0.2) is 4.98 Å². The molecule has 0 spiro atoms. The highest BCUT2D eigenvalue weighted by Crippen LogP contribution is 2.33. The monoisotopic (exact) mass is 233 g/mol. The van der Waals surface area contributed by atoms with Gasteiger partial charge < -0.3 is 10.3 Å². The van der Waals surface area contributed by atoms with E-state index in [0.29, 0.717) is 12.0 Å². The number of anilines is 1. The summed E-state index contributed by atoms with van der Waals surface area (Å²) in [6, 6.07) is 6.85. The third kappa shape index (κ3) is 1.48. The number of nitrogens with zero attached hydrogens (tertiary/aromatic N) is 2. The van der Waals surface area contributed by atoms with Gasteiger partial charge in [-0.15, -0.1) is 0 Å². The van der Waals surface area contributed by atoms with Crippen molar-refractivity contribution < 1.29 is 0 Å². The Morgan fingerprint density at radius 2 is 2.38 bits per heavy atom. The van der Waals surface area contributed by atoms with Crippen molar-refractivity contribution in [3.05, 3.63) is 23.8 Å². The number of nitrogens with two attached hydrogens (primary N) is 1. The molecule has 1 aliphatic rings. The lowest BCUT2D eigenvalue weighted by Crippen LogP contribution is -2.10. The minimum absolute atomic E-state index is 0.525. The molecule has 4 heteroatoms. The standard InChI is InChI=1S/C12H15N3S/c1-8-2-3-10-11(6-8)15(12(13)14-10)9-4-5-16-7-9/h2-3,6,9H,4-5,7H2,1H3,(H2,13,14). The van der Waals surface area contributed by atoms with Crippen molar-refractivity contribution in [3.8, 4) is 0 Å². The van der Waals surface area contributed by atoms with Crippen molar-refractivity contribution in [1.29, 1.82) is 0 Å². The van der Waals surface area contributed by atoms with Crippen LogP contribution in [-0.2, 0) is 0 Å². The lowest BCUT2D eigenvalue weighted by atomic mass is 10.2. The van der Waals surface area contributed by atoms with Crippen LogP contribution >= 0.6 is 11.8 Å². The Labute approximate surface area is 99.0 Å². The number of aryl methyl sites for hydroxylation is 1. The van der Waals surface area contributed by atoms with Gasteiger partial charge in [-0.1, -0.05) is 6.07 Å². The smallest absolute Gasteiger partial charge is 0.201 e. The molecule has 1 aliphatic heterocycles. The molecule has 2 aromatic rings. The Kier molecular flexibility index (Phi) is 2.32. The molecule has 1 fully saturated rings. The van der Waals surface area contributed by atoms with Crippen LogP contribution in [0.2, 0.25) is 0 Å². The predicted molar refractivity (Wildman–Crippen MR) is 69.9 cm³/mol. The molecule has 0 bridgehead atoms. The lowest BCUT2D eigenvalue weighted by molar-refractivity contribution is 0.583. The normalized spacial score (nSPS) is 20.7. The Hall–Kier alpha value is -1.16. The predicted octanol–water partition coefficient (Wildman–Crippen LogP) is 2.60. The molecule has 0 radical (unpaired) electrons. The molecule has 0 aliphatic carbocycles. The van der Waals surface area contributed by atoms with Crippen LogP contribution in [0.4, 0.5) is 5.95 Å². The first-order valence-electron chi connectivity index (χ1n) is 5.57. The fourth-order valence-corrected chi connectivity index (χ4v) is 3.52. The van der Waals surface area contributed by atoms with Crippen LogP contribution in [0.5, 0.6) is 0 Å². The third-order valence-corrected chi connectivity index (χ3v) is 4.29. The third-order valence-electron chi connectivity index (χ3n) is 3.14. The Morgan fingerprint density at radius 1 is 1.50 bits per heavy atom. The summed E-state index contributed by atoms with van der Waals surface area (Å²) in [5.41, 5.74) is 9.49. The number of fused-ring (bicyclic) bond motifs is 1. The number of hydrogen-bond donors (Lipinski definition) is 1. The van der Waals surface area contributed by atoms with Crippen molar-refractivity contribution in [2.24, 2.45) is 0 Å². The summed E-state index contributed by atoms with van der Waals surface area (Å²) in [6.45, 7) is 2.11. The minimum Gasteiger partial charge on any atom is -0.369 e. The molecule has 1 aromatic carbocycles. The van der Waals surface area contributed by atoms with Gasteiger partial charge in [0.05, 0.1) is 11.0 Å². The topological polar surface area (TPSA) is 43.8 Å². The molecule has 84 valence electrons. The minimum atomic E-state index is 0.525. The molecular formula is C12H15N3S. The maximum Gasteiger partial charge on any atom is 0.201 e. The molecule has 3 nitrogen and oxygen atoms in total. The summed E-state index contributed by atoms with van der Waals surface area (Å²) in [7, 11) is 0. The maximum absolute atomic E-state index is 6.03. The van der Waals surface area contributed by atoms with Crippen LogP contribution in [0.3, 0.4) is 0 Å². The molecular weight excluding hydrogens is 218 g/mol. The molecule has 1 atom stereocenters. The zero-order chi connectivity index (χ0) is 11.1. The van der Waals surface area contributed by atoms with Gasteiger partial charge in [0, 0.05) is 11.8 Å². The van der Waals surface area contributed by atoms with Crippen molar-refractivity contribution in [2.75, 3.05) is 17.2 Å². The molecule has 2 heterocycles. The quantitative estimate of drug-likeness (QED) is 0.823. The molecule has 1 unspecified atom stereocenters. The number of rotatable bonds is 1. The second-order valence-electron chi connectivity index (χ2n) is 4.35. The van der Waals surface area contributed by atoms with Gasteiger partial charge in [-0.3, -0.25) is 0 Å². The zero-order valence-electron chi connectivity index (χ0n) is 9.31. The zero-order valence-corrected chi connectivity index (χ0v) is 10.1. The van der Waals surface area contributed by atoms with Crippen LogP contribution < -0.4 is 5.73 Å². The molecule has 0 saturated carbocycles. The van der Waals surface area contributed by atoms with E-state index in [1.165, 1.54) is 23.3 Å². The average Bonchev–Trinajstić information content (AvgIpc) is 2.83. The summed E-state index contributed by atoms with van der Waals surface area (Å²) < 4.78 is 2.21. The number of imidazole rings is 1. The van der Waals surface area contributed by atoms with Crippen LogP contribution in [0, 0.1) is 6.92 Å². The Bertz CT molecular complexity index is 526. The number of hydrogen-bond acceptors (Lipinski definition) is 3. The van der Waals surface area contributed by atoms with Gasteiger partial charge >= 0.3 is 0 Å². The second-order valence-corrected chi connectivity index (χ2v) is 5.50. The van der Waals surface area contributed by atoms with E-state index in [0.717, 1.165) is 11.3 Å². The summed E-state index contributed by atoms with van der Waals surface area (Å²) in [5.74, 6) is 3.05. The van der Waals surface area contributed by atoms with Gasteiger partial charge in [0.25, 0.3) is 0 Å². The number of nitrogen functional groups attached to an aromatic ring is 1. The Morgan fingerprint density at radius 3 is 3.12 bits per heavy atom. The van der Waals surface area contributed by atoms with E-state index in [1.807, 2.05) is 11.8 Å².